The molecule has 2 aromatic rings. The maximum atomic E-state index is 14.5. The molecule has 1 N–H and O–H groups in total. The highest BCUT2D eigenvalue weighted by molar-refractivity contribution is 6.03. The Morgan fingerprint density at radius 3 is 2.45 bits per heavy atom. The third-order valence-corrected chi connectivity index (χ3v) is 5.20. The fourth-order valence-electron chi connectivity index (χ4n) is 3.62. The molecule has 2 aromatic carbocycles. The van der Waals surface area contributed by atoms with Crippen molar-refractivity contribution < 1.29 is 18.7 Å². The van der Waals surface area contributed by atoms with Crippen molar-refractivity contribution >= 4 is 17.6 Å². The molecule has 0 aromatic heterocycles. The minimum absolute atomic E-state index is 0.178. The Kier molecular flexibility index (Phi) is 7.81. The highest BCUT2D eigenvalue weighted by atomic mass is 19.1. The number of halogens is 1. The predicted molar refractivity (Wildman–Crippen MR) is 125 cm³/mol. The summed E-state index contributed by atoms with van der Waals surface area (Å²) < 4.78 is 19.6. The SMILES string of the molecule is COCCN(CC(=O)N1N=C(c2ccccc2F)CC1c1ccccc1)C(=O)NC(C)(C)C. The first-order valence-electron chi connectivity index (χ1n) is 10.9. The number of benzene rings is 2. The molecule has 1 atom stereocenters. The largest absolute Gasteiger partial charge is 0.383 e. The molecule has 7 nitrogen and oxygen atoms in total. The van der Waals surface area contributed by atoms with Crippen molar-refractivity contribution in [3.63, 3.8) is 0 Å². The fourth-order valence-corrected chi connectivity index (χ4v) is 3.62. The molecule has 1 heterocycles. The average Bonchev–Trinajstić information content (AvgIpc) is 3.21. The van der Waals surface area contributed by atoms with Crippen LogP contribution in [0.2, 0.25) is 0 Å². The number of hydrogen-bond donors (Lipinski definition) is 1. The van der Waals surface area contributed by atoms with Gasteiger partial charge in [-0.15, -0.1) is 0 Å². The molecule has 176 valence electrons. The van der Waals surface area contributed by atoms with Gasteiger partial charge < -0.3 is 15.0 Å². The second-order valence-electron chi connectivity index (χ2n) is 8.99. The Bertz CT molecular complexity index is 1000. The first kappa shape index (κ1) is 24.4. The van der Waals surface area contributed by atoms with Gasteiger partial charge in [-0.3, -0.25) is 4.79 Å². The average molecular weight is 455 g/mol. The lowest BCUT2D eigenvalue weighted by Crippen LogP contribution is -2.52. The van der Waals surface area contributed by atoms with Gasteiger partial charge in [0.1, 0.15) is 12.4 Å². The van der Waals surface area contributed by atoms with E-state index in [4.69, 9.17) is 4.74 Å². The van der Waals surface area contributed by atoms with Gasteiger partial charge >= 0.3 is 6.03 Å². The Morgan fingerprint density at radius 1 is 1.15 bits per heavy atom. The highest BCUT2D eigenvalue weighted by Gasteiger charge is 2.35. The smallest absolute Gasteiger partial charge is 0.318 e. The van der Waals surface area contributed by atoms with Crippen LogP contribution < -0.4 is 5.32 Å². The fraction of sp³-hybridized carbons (Fsp3) is 0.400. The number of urea groups is 1. The number of hydrazone groups is 1. The topological polar surface area (TPSA) is 74.2 Å². The zero-order valence-electron chi connectivity index (χ0n) is 19.5. The third-order valence-electron chi connectivity index (χ3n) is 5.20. The first-order chi connectivity index (χ1) is 15.7. The van der Waals surface area contributed by atoms with Crippen LogP contribution in [0.15, 0.2) is 59.7 Å². The second-order valence-corrected chi connectivity index (χ2v) is 8.99. The van der Waals surface area contributed by atoms with Gasteiger partial charge in [-0.05, 0) is 32.4 Å². The molecular weight excluding hydrogens is 423 g/mol. The van der Waals surface area contributed by atoms with E-state index < -0.39 is 5.54 Å². The number of nitrogens with one attached hydrogen (secondary N) is 1. The summed E-state index contributed by atoms with van der Waals surface area (Å²) in [7, 11) is 1.54. The molecule has 3 amide bonds. The first-order valence-corrected chi connectivity index (χ1v) is 10.9. The van der Waals surface area contributed by atoms with E-state index in [1.807, 2.05) is 51.1 Å². The Hall–Kier alpha value is -3.26. The molecule has 0 spiro atoms. The van der Waals surface area contributed by atoms with Crippen LogP contribution in [-0.2, 0) is 9.53 Å². The van der Waals surface area contributed by atoms with Crippen molar-refractivity contribution in [3.8, 4) is 0 Å². The lowest BCUT2D eigenvalue weighted by molar-refractivity contribution is -0.133. The van der Waals surface area contributed by atoms with Crippen LogP contribution in [-0.4, -0.2) is 59.9 Å². The number of rotatable bonds is 7. The molecule has 0 aliphatic carbocycles. The van der Waals surface area contributed by atoms with Crippen LogP contribution in [0.5, 0.6) is 0 Å². The zero-order valence-corrected chi connectivity index (χ0v) is 19.5. The van der Waals surface area contributed by atoms with Crippen LogP contribution in [0.1, 0.15) is 44.4 Å². The van der Waals surface area contributed by atoms with Gasteiger partial charge in [0.05, 0.1) is 18.4 Å². The van der Waals surface area contributed by atoms with Crippen molar-refractivity contribution in [1.82, 2.24) is 15.2 Å². The lowest BCUT2D eigenvalue weighted by Gasteiger charge is -2.30. The minimum atomic E-state index is -0.457. The summed E-state index contributed by atoms with van der Waals surface area (Å²) in [6.07, 6.45) is 0.378. The standard InChI is InChI=1S/C25H31FN4O3/c1-25(2,3)27-24(32)29(14-15-33-4)17-23(31)30-22(18-10-6-5-7-11-18)16-21(28-30)19-12-8-9-13-20(19)26/h5-13,22H,14-17H2,1-4H3,(H,27,32). The van der Waals surface area contributed by atoms with E-state index in [1.54, 1.807) is 25.3 Å². The van der Waals surface area contributed by atoms with Crippen molar-refractivity contribution in [3.05, 3.63) is 71.5 Å². The monoisotopic (exact) mass is 454 g/mol. The summed E-state index contributed by atoms with van der Waals surface area (Å²) in [5.41, 5.74) is 1.30. The highest BCUT2D eigenvalue weighted by Crippen LogP contribution is 2.33. The number of amides is 3. The lowest BCUT2D eigenvalue weighted by atomic mass is 9.98. The molecule has 0 saturated carbocycles. The van der Waals surface area contributed by atoms with Gasteiger partial charge in [0.2, 0.25) is 0 Å². The summed E-state index contributed by atoms with van der Waals surface area (Å²) >= 11 is 0. The third kappa shape index (κ3) is 6.38. The van der Waals surface area contributed by atoms with Crippen molar-refractivity contribution in [2.24, 2.45) is 5.10 Å². The number of hydrogen-bond acceptors (Lipinski definition) is 4. The van der Waals surface area contributed by atoms with Crippen LogP contribution in [0.3, 0.4) is 0 Å². The Labute approximate surface area is 194 Å². The number of nitrogens with zero attached hydrogens (tertiary/aromatic N) is 3. The molecule has 0 bridgehead atoms. The van der Waals surface area contributed by atoms with E-state index in [2.05, 4.69) is 10.4 Å². The summed E-state index contributed by atoms with van der Waals surface area (Å²) in [4.78, 5) is 27.6. The normalized spacial score (nSPS) is 15.8. The van der Waals surface area contributed by atoms with Crippen LogP contribution in [0.4, 0.5) is 9.18 Å². The maximum Gasteiger partial charge on any atom is 0.318 e. The minimum Gasteiger partial charge on any atom is -0.383 e. The van der Waals surface area contributed by atoms with Crippen molar-refractivity contribution in [1.29, 1.82) is 0 Å². The molecule has 1 aliphatic rings. The summed E-state index contributed by atoms with van der Waals surface area (Å²) in [6.45, 7) is 5.98. The van der Waals surface area contributed by atoms with Gasteiger partial charge in [-0.2, -0.15) is 5.10 Å². The Balaban J connectivity index is 1.88. The van der Waals surface area contributed by atoms with E-state index in [1.165, 1.54) is 16.0 Å². The zero-order chi connectivity index (χ0) is 24.0. The van der Waals surface area contributed by atoms with E-state index >= 15 is 0 Å². The number of methoxy groups -OCH3 is 1. The van der Waals surface area contributed by atoms with E-state index in [0.717, 1.165) is 5.56 Å². The molecule has 3 rings (SSSR count). The van der Waals surface area contributed by atoms with Crippen molar-refractivity contribution in [2.45, 2.75) is 38.8 Å². The van der Waals surface area contributed by atoms with Gasteiger partial charge in [-0.1, -0.05) is 48.5 Å². The van der Waals surface area contributed by atoms with E-state index in [9.17, 15) is 14.0 Å². The number of carbonyl (C=O) groups excluding carboxylic acids is 2. The summed E-state index contributed by atoms with van der Waals surface area (Å²) in [6, 6.07) is 15.2. The predicted octanol–water partition coefficient (Wildman–Crippen LogP) is 3.96. The van der Waals surface area contributed by atoms with Gasteiger partial charge in [0.25, 0.3) is 5.91 Å². The Morgan fingerprint density at radius 2 is 1.82 bits per heavy atom. The second kappa shape index (κ2) is 10.6. The molecule has 1 unspecified atom stereocenters. The van der Waals surface area contributed by atoms with Crippen LogP contribution >= 0.6 is 0 Å². The molecule has 33 heavy (non-hydrogen) atoms. The quantitative estimate of drug-likeness (QED) is 0.688. The maximum absolute atomic E-state index is 14.5. The number of carbonyl (C=O) groups is 2. The molecule has 0 radical (unpaired) electrons. The van der Waals surface area contributed by atoms with Gasteiger partial charge in [0.15, 0.2) is 0 Å². The van der Waals surface area contributed by atoms with Crippen LogP contribution in [0.25, 0.3) is 0 Å². The molecule has 8 heteroatoms. The van der Waals surface area contributed by atoms with E-state index in [-0.39, 0.29) is 43.5 Å². The molecule has 0 saturated heterocycles. The van der Waals surface area contributed by atoms with Gasteiger partial charge in [-0.25, -0.2) is 14.2 Å². The molecule has 0 fully saturated rings. The molecular formula is C25H31FN4O3. The molecule has 1 aliphatic heterocycles. The number of ether oxygens (including phenoxy) is 1. The van der Waals surface area contributed by atoms with Gasteiger partial charge in [0, 0.05) is 31.2 Å². The summed E-state index contributed by atoms with van der Waals surface area (Å²) in [5, 5.41) is 8.78. The van der Waals surface area contributed by atoms with Crippen molar-refractivity contribution in [2.75, 3.05) is 26.8 Å². The van der Waals surface area contributed by atoms with Crippen LogP contribution in [0, 0.1) is 5.82 Å². The summed E-state index contributed by atoms with van der Waals surface area (Å²) in [5.74, 6) is -0.737. The van der Waals surface area contributed by atoms with E-state index in [0.29, 0.717) is 17.7 Å².